The van der Waals surface area contributed by atoms with Gasteiger partial charge in [-0.05, 0) is 33.8 Å². The first-order valence-electron chi connectivity index (χ1n) is 5.86. The number of esters is 1. The average molecular weight is 236 g/mol. The van der Waals surface area contributed by atoms with Crippen molar-refractivity contribution in [3.05, 3.63) is 30.1 Å². The minimum atomic E-state index is -0.849. The third-order valence-corrected chi connectivity index (χ3v) is 2.50. The van der Waals surface area contributed by atoms with Crippen LogP contribution < -0.4 is 5.32 Å². The van der Waals surface area contributed by atoms with Gasteiger partial charge in [-0.2, -0.15) is 0 Å². The lowest BCUT2D eigenvalue weighted by Gasteiger charge is -2.30. The van der Waals surface area contributed by atoms with E-state index in [1.54, 1.807) is 19.3 Å². The molecule has 1 N–H and O–H groups in total. The van der Waals surface area contributed by atoms with Crippen molar-refractivity contribution in [2.75, 3.05) is 6.61 Å². The summed E-state index contributed by atoms with van der Waals surface area (Å²) in [6.45, 7) is 7.98. The highest BCUT2D eigenvalue weighted by molar-refractivity contribution is 5.82. The lowest BCUT2D eigenvalue weighted by Crippen LogP contribution is -2.50. The Bertz CT molecular complexity index is 365. The van der Waals surface area contributed by atoms with Gasteiger partial charge >= 0.3 is 5.97 Å². The lowest BCUT2D eigenvalue weighted by molar-refractivity contribution is -0.151. The number of nitrogens with zero attached hydrogens (tertiary/aromatic N) is 1. The second-order valence-corrected chi connectivity index (χ2v) is 4.39. The van der Waals surface area contributed by atoms with E-state index in [2.05, 4.69) is 10.3 Å². The summed E-state index contributed by atoms with van der Waals surface area (Å²) < 4.78 is 5.13. The molecule has 0 spiro atoms. The van der Waals surface area contributed by atoms with Gasteiger partial charge in [-0.1, -0.05) is 6.07 Å². The molecule has 0 aliphatic carbocycles. The van der Waals surface area contributed by atoms with E-state index in [4.69, 9.17) is 4.74 Å². The Morgan fingerprint density at radius 3 is 2.76 bits per heavy atom. The molecule has 4 heteroatoms. The molecular weight excluding hydrogens is 216 g/mol. The third-order valence-electron chi connectivity index (χ3n) is 2.50. The van der Waals surface area contributed by atoms with Gasteiger partial charge in [0.05, 0.1) is 6.61 Å². The van der Waals surface area contributed by atoms with Gasteiger partial charge in [-0.15, -0.1) is 0 Å². The molecule has 4 nitrogen and oxygen atoms in total. The molecule has 0 aliphatic heterocycles. The normalized spacial score (nSPS) is 14.4. The molecule has 1 atom stereocenters. The summed E-state index contributed by atoms with van der Waals surface area (Å²) in [6.07, 6.45) is 3.37. The number of ether oxygens (including phenoxy) is 1. The van der Waals surface area contributed by atoms with Gasteiger partial charge in [0.1, 0.15) is 5.54 Å². The lowest BCUT2D eigenvalue weighted by atomic mass is 9.92. The zero-order valence-corrected chi connectivity index (χ0v) is 10.9. The standard InChI is InChI=1S/C13H20N2O2/c1-5-17-12(16)13(4,15-10(2)3)11-7-6-8-14-9-11/h6-10,15H,5H2,1-4H3. The molecule has 0 saturated carbocycles. The van der Waals surface area contributed by atoms with Crippen LogP contribution in [0, 0.1) is 0 Å². The number of pyridine rings is 1. The molecule has 0 amide bonds. The fourth-order valence-corrected chi connectivity index (χ4v) is 1.77. The topological polar surface area (TPSA) is 51.2 Å². The van der Waals surface area contributed by atoms with Crippen LogP contribution in [0.15, 0.2) is 24.5 Å². The van der Waals surface area contributed by atoms with Crippen LogP contribution in [-0.2, 0) is 15.1 Å². The van der Waals surface area contributed by atoms with E-state index in [-0.39, 0.29) is 12.0 Å². The predicted octanol–water partition coefficient (Wildman–Crippen LogP) is 1.86. The molecule has 1 aromatic heterocycles. The first kappa shape index (κ1) is 13.6. The van der Waals surface area contributed by atoms with Gasteiger partial charge in [-0.25, -0.2) is 4.79 Å². The van der Waals surface area contributed by atoms with Crippen molar-refractivity contribution >= 4 is 5.97 Å². The van der Waals surface area contributed by atoms with Gasteiger partial charge in [0.15, 0.2) is 0 Å². The van der Waals surface area contributed by atoms with Crippen molar-refractivity contribution in [2.24, 2.45) is 0 Å². The minimum absolute atomic E-state index is 0.171. The summed E-state index contributed by atoms with van der Waals surface area (Å²) >= 11 is 0. The van der Waals surface area contributed by atoms with Crippen molar-refractivity contribution in [1.29, 1.82) is 0 Å². The van der Waals surface area contributed by atoms with Crippen LogP contribution in [0.3, 0.4) is 0 Å². The fourth-order valence-electron chi connectivity index (χ4n) is 1.77. The van der Waals surface area contributed by atoms with Crippen LogP contribution in [-0.4, -0.2) is 23.6 Å². The summed E-state index contributed by atoms with van der Waals surface area (Å²) in [6, 6.07) is 3.86. The van der Waals surface area contributed by atoms with E-state index in [0.29, 0.717) is 6.61 Å². The number of nitrogens with one attached hydrogen (secondary N) is 1. The molecule has 1 aromatic rings. The van der Waals surface area contributed by atoms with E-state index >= 15 is 0 Å². The maximum atomic E-state index is 12.1. The SMILES string of the molecule is CCOC(=O)C(C)(NC(C)C)c1cccnc1. The zero-order valence-electron chi connectivity index (χ0n) is 10.9. The molecule has 0 saturated heterocycles. The van der Waals surface area contributed by atoms with Gasteiger partial charge in [0.2, 0.25) is 0 Å². The summed E-state index contributed by atoms with van der Waals surface area (Å²) in [5, 5.41) is 3.24. The number of carbonyl (C=O) groups is 1. The second-order valence-electron chi connectivity index (χ2n) is 4.39. The van der Waals surface area contributed by atoms with Crippen molar-refractivity contribution in [3.8, 4) is 0 Å². The molecule has 0 aliphatic rings. The first-order chi connectivity index (χ1) is 8.00. The summed E-state index contributed by atoms with van der Waals surface area (Å²) in [7, 11) is 0. The molecule has 1 unspecified atom stereocenters. The highest BCUT2D eigenvalue weighted by Crippen LogP contribution is 2.22. The van der Waals surface area contributed by atoms with Crippen LogP contribution in [0.25, 0.3) is 0 Å². The number of aromatic nitrogens is 1. The predicted molar refractivity (Wildman–Crippen MR) is 66.5 cm³/mol. The Labute approximate surface area is 102 Å². The Balaban J connectivity index is 3.06. The quantitative estimate of drug-likeness (QED) is 0.793. The number of hydrogen-bond donors (Lipinski definition) is 1. The van der Waals surface area contributed by atoms with E-state index < -0.39 is 5.54 Å². The Kier molecular flexibility index (Phi) is 4.63. The Morgan fingerprint density at radius 1 is 1.59 bits per heavy atom. The fraction of sp³-hybridized carbons (Fsp3) is 0.538. The highest BCUT2D eigenvalue weighted by atomic mass is 16.5. The van der Waals surface area contributed by atoms with Crippen LogP contribution in [0.2, 0.25) is 0 Å². The van der Waals surface area contributed by atoms with Gasteiger partial charge in [0, 0.05) is 24.0 Å². The van der Waals surface area contributed by atoms with E-state index in [9.17, 15) is 4.79 Å². The molecule has 0 radical (unpaired) electrons. The Hall–Kier alpha value is -1.42. The first-order valence-corrected chi connectivity index (χ1v) is 5.86. The largest absolute Gasteiger partial charge is 0.464 e. The van der Waals surface area contributed by atoms with Gasteiger partial charge in [0.25, 0.3) is 0 Å². The molecule has 0 bridgehead atoms. The number of carbonyl (C=O) groups excluding carboxylic acids is 1. The third kappa shape index (κ3) is 3.27. The van der Waals surface area contributed by atoms with Crippen LogP contribution in [0.1, 0.15) is 33.3 Å². The number of rotatable bonds is 5. The monoisotopic (exact) mass is 236 g/mol. The summed E-state index contributed by atoms with van der Waals surface area (Å²) in [5.74, 6) is -0.276. The van der Waals surface area contributed by atoms with Crippen molar-refractivity contribution < 1.29 is 9.53 Å². The number of hydrogen-bond acceptors (Lipinski definition) is 4. The minimum Gasteiger partial charge on any atom is -0.464 e. The smallest absolute Gasteiger partial charge is 0.330 e. The molecule has 1 rings (SSSR count). The van der Waals surface area contributed by atoms with Crippen molar-refractivity contribution in [3.63, 3.8) is 0 Å². The molecule has 1 heterocycles. The van der Waals surface area contributed by atoms with Gasteiger partial charge < -0.3 is 4.74 Å². The van der Waals surface area contributed by atoms with E-state index in [0.717, 1.165) is 5.56 Å². The maximum Gasteiger partial charge on any atom is 0.330 e. The van der Waals surface area contributed by atoms with Crippen molar-refractivity contribution in [2.45, 2.75) is 39.3 Å². The maximum absolute atomic E-state index is 12.1. The van der Waals surface area contributed by atoms with Crippen LogP contribution in [0.5, 0.6) is 0 Å². The van der Waals surface area contributed by atoms with Gasteiger partial charge in [-0.3, -0.25) is 10.3 Å². The molecule has 94 valence electrons. The Morgan fingerprint density at radius 2 is 2.29 bits per heavy atom. The van der Waals surface area contributed by atoms with E-state index in [1.165, 1.54) is 0 Å². The summed E-state index contributed by atoms with van der Waals surface area (Å²) in [5.41, 5.74) is -0.0366. The molecule has 17 heavy (non-hydrogen) atoms. The molecule has 0 aromatic carbocycles. The summed E-state index contributed by atoms with van der Waals surface area (Å²) in [4.78, 5) is 16.1. The molecule has 0 fully saturated rings. The van der Waals surface area contributed by atoms with Crippen LogP contribution in [0.4, 0.5) is 0 Å². The van der Waals surface area contributed by atoms with Crippen LogP contribution >= 0.6 is 0 Å². The van der Waals surface area contributed by atoms with E-state index in [1.807, 2.05) is 32.9 Å². The zero-order chi connectivity index (χ0) is 12.9. The highest BCUT2D eigenvalue weighted by Gasteiger charge is 2.37. The second kappa shape index (κ2) is 5.77. The van der Waals surface area contributed by atoms with Crippen molar-refractivity contribution in [1.82, 2.24) is 10.3 Å². The molecular formula is C13H20N2O2. The average Bonchev–Trinajstić information content (AvgIpc) is 2.29.